The Morgan fingerprint density at radius 2 is 1.69 bits per heavy atom. The van der Waals surface area contributed by atoms with Gasteiger partial charge in [0, 0.05) is 25.7 Å². The van der Waals surface area contributed by atoms with Crippen LogP contribution in [0, 0.1) is 23.7 Å². The largest absolute Gasteiger partial charge is 0.353 e. The van der Waals surface area contributed by atoms with Crippen LogP contribution in [0.15, 0.2) is 42.5 Å². The SMILES string of the molecule is O=C(CC1C(=O)NCCN1Cc1cccc2ccccc12)NC1C2CC3CC(C2)CC1C3. The molecule has 0 radical (unpaired) electrons. The molecule has 2 aromatic rings. The molecule has 1 heterocycles. The Hall–Kier alpha value is -2.40. The van der Waals surface area contributed by atoms with E-state index in [9.17, 15) is 9.59 Å². The number of amides is 2. The molecule has 4 aliphatic carbocycles. The fourth-order valence-electron chi connectivity index (χ4n) is 7.40. The Morgan fingerprint density at radius 1 is 0.969 bits per heavy atom. The molecule has 1 aliphatic heterocycles. The summed E-state index contributed by atoms with van der Waals surface area (Å²) in [6.45, 7) is 2.09. The maximum absolute atomic E-state index is 13.1. The highest BCUT2D eigenvalue weighted by molar-refractivity contribution is 5.89. The van der Waals surface area contributed by atoms with Crippen LogP contribution in [0.2, 0.25) is 0 Å². The van der Waals surface area contributed by atoms with Crippen molar-refractivity contribution < 1.29 is 9.59 Å². The third kappa shape index (κ3) is 3.71. The average molecular weight is 432 g/mol. The van der Waals surface area contributed by atoms with Crippen molar-refractivity contribution in [2.75, 3.05) is 13.1 Å². The number of nitrogens with one attached hydrogen (secondary N) is 2. The van der Waals surface area contributed by atoms with Crippen LogP contribution in [0.4, 0.5) is 0 Å². The molecule has 32 heavy (non-hydrogen) atoms. The van der Waals surface area contributed by atoms with Gasteiger partial charge in [0.2, 0.25) is 11.8 Å². The van der Waals surface area contributed by atoms with Gasteiger partial charge >= 0.3 is 0 Å². The molecule has 0 aromatic heterocycles. The molecule has 5 nitrogen and oxygen atoms in total. The number of hydrogen-bond donors (Lipinski definition) is 2. The van der Waals surface area contributed by atoms with Crippen LogP contribution in [0.3, 0.4) is 0 Å². The average Bonchev–Trinajstić information content (AvgIpc) is 2.78. The van der Waals surface area contributed by atoms with E-state index >= 15 is 0 Å². The predicted octanol–water partition coefficient (Wildman–Crippen LogP) is 3.47. The molecule has 4 bridgehead atoms. The highest BCUT2D eigenvalue weighted by Gasteiger charge is 2.48. The second kappa shape index (κ2) is 8.18. The lowest BCUT2D eigenvalue weighted by atomic mass is 9.54. The van der Waals surface area contributed by atoms with Gasteiger partial charge in [0.25, 0.3) is 0 Å². The first-order valence-corrected chi connectivity index (χ1v) is 12.4. The lowest BCUT2D eigenvalue weighted by Crippen LogP contribution is -2.59. The van der Waals surface area contributed by atoms with E-state index in [4.69, 9.17) is 0 Å². The molecule has 2 N–H and O–H groups in total. The van der Waals surface area contributed by atoms with E-state index in [0.717, 1.165) is 18.4 Å². The number of fused-ring (bicyclic) bond motifs is 1. The summed E-state index contributed by atoms with van der Waals surface area (Å²) in [6.07, 6.45) is 6.81. The number of hydrogen-bond acceptors (Lipinski definition) is 3. The first kappa shape index (κ1) is 20.2. The number of rotatable bonds is 5. The molecule has 1 saturated heterocycles. The van der Waals surface area contributed by atoms with Crippen LogP contribution in [0.1, 0.15) is 44.1 Å². The van der Waals surface area contributed by atoms with E-state index in [-0.39, 0.29) is 18.2 Å². The lowest BCUT2D eigenvalue weighted by molar-refractivity contribution is -0.135. The summed E-state index contributed by atoms with van der Waals surface area (Å²) in [5.74, 6) is 3.13. The van der Waals surface area contributed by atoms with Crippen molar-refractivity contribution in [1.29, 1.82) is 0 Å². The molecular weight excluding hydrogens is 398 g/mol. The summed E-state index contributed by atoms with van der Waals surface area (Å²) in [6, 6.07) is 14.6. The summed E-state index contributed by atoms with van der Waals surface area (Å²) in [7, 11) is 0. The molecular formula is C27H33N3O2. The third-order valence-corrected chi connectivity index (χ3v) is 8.63. The zero-order valence-corrected chi connectivity index (χ0v) is 18.6. The van der Waals surface area contributed by atoms with Crippen LogP contribution in [0.5, 0.6) is 0 Å². The van der Waals surface area contributed by atoms with Crippen molar-refractivity contribution in [3.05, 3.63) is 48.0 Å². The van der Waals surface area contributed by atoms with Crippen LogP contribution < -0.4 is 10.6 Å². The van der Waals surface area contributed by atoms with Crippen molar-refractivity contribution >= 4 is 22.6 Å². The number of carbonyl (C=O) groups excluding carboxylic acids is 2. The van der Waals surface area contributed by atoms with E-state index in [1.165, 1.54) is 48.4 Å². The molecule has 5 fully saturated rings. The highest BCUT2D eigenvalue weighted by Crippen LogP contribution is 2.53. The number of carbonyl (C=O) groups is 2. The normalized spacial score (nSPS) is 33.9. The fraction of sp³-hybridized carbons (Fsp3) is 0.556. The van der Waals surface area contributed by atoms with Gasteiger partial charge in [0.15, 0.2) is 0 Å². The first-order valence-electron chi connectivity index (χ1n) is 12.4. The zero-order valence-electron chi connectivity index (χ0n) is 18.6. The van der Waals surface area contributed by atoms with Gasteiger partial charge in [-0.25, -0.2) is 0 Å². The van der Waals surface area contributed by atoms with Crippen molar-refractivity contribution in [2.24, 2.45) is 23.7 Å². The van der Waals surface area contributed by atoms with Crippen molar-refractivity contribution in [1.82, 2.24) is 15.5 Å². The van der Waals surface area contributed by atoms with Gasteiger partial charge in [-0.2, -0.15) is 0 Å². The molecule has 168 valence electrons. The van der Waals surface area contributed by atoms with Crippen LogP contribution in [-0.2, 0) is 16.1 Å². The summed E-state index contributed by atoms with van der Waals surface area (Å²) in [4.78, 5) is 28.1. The molecule has 1 atom stereocenters. The number of piperazine rings is 1. The van der Waals surface area contributed by atoms with Crippen molar-refractivity contribution in [3.63, 3.8) is 0 Å². The molecule has 7 rings (SSSR count). The predicted molar refractivity (Wildman–Crippen MR) is 125 cm³/mol. The van der Waals surface area contributed by atoms with Crippen LogP contribution in [-0.4, -0.2) is 41.9 Å². The summed E-state index contributed by atoms with van der Waals surface area (Å²) in [5.41, 5.74) is 1.21. The topological polar surface area (TPSA) is 61.4 Å². The number of benzene rings is 2. The van der Waals surface area contributed by atoms with Gasteiger partial charge in [0.05, 0.1) is 12.5 Å². The number of nitrogens with zero attached hydrogens (tertiary/aromatic N) is 1. The molecule has 5 heteroatoms. The summed E-state index contributed by atoms with van der Waals surface area (Å²) < 4.78 is 0. The van der Waals surface area contributed by atoms with Crippen LogP contribution in [0.25, 0.3) is 10.8 Å². The second-order valence-corrected chi connectivity index (χ2v) is 10.6. The van der Waals surface area contributed by atoms with Gasteiger partial charge in [0.1, 0.15) is 0 Å². The minimum Gasteiger partial charge on any atom is -0.353 e. The third-order valence-electron chi connectivity index (χ3n) is 8.63. The van der Waals surface area contributed by atoms with E-state index in [2.05, 4.69) is 58.0 Å². The minimum atomic E-state index is -0.403. The summed E-state index contributed by atoms with van der Waals surface area (Å²) >= 11 is 0. The van der Waals surface area contributed by atoms with Crippen molar-refractivity contribution in [3.8, 4) is 0 Å². The van der Waals surface area contributed by atoms with E-state index in [1.54, 1.807) is 0 Å². The fourth-order valence-corrected chi connectivity index (χ4v) is 7.40. The molecule has 2 amide bonds. The van der Waals surface area contributed by atoms with Gasteiger partial charge in [-0.15, -0.1) is 0 Å². The standard InChI is InChI=1S/C27H33N3O2/c31-25(29-26-21-11-17-10-18(13-21)14-22(26)12-17)15-24-27(32)28-8-9-30(24)16-20-6-3-5-19-4-1-2-7-23(19)20/h1-7,17-18,21-22,24,26H,8-16H2,(H,28,32)(H,29,31). The monoisotopic (exact) mass is 431 g/mol. The first-order chi connectivity index (χ1) is 15.6. The van der Waals surface area contributed by atoms with Crippen LogP contribution >= 0.6 is 0 Å². The molecule has 2 aromatic carbocycles. The molecule has 1 unspecified atom stereocenters. The maximum atomic E-state index is 13.1. The van der Waals surface area contributed by atoms with E-state index < -0.39 is 6.04 Å². The Kier molecular flexibility index (Phi) is 5.17. The van der Waals surface area contributed by atoms with Gasteiger partial charge in [-0.1, -0.05) is 42.5 Å². The minimum absolute atomic E-state index is 0.0169. The van der Waals surface area contributed by atoms with Gasteiger partial charge < -0.3 is 10.6 Å². The Labute approximate surface area is 189 Å². The Morgan fingerprint density at radius 3 is 2.47 bits per heavy atom. The van der Waals surface area contributed by atoms with E-state index in [1.807, 2.05) is 0 Å². The maximum Gasteiger partial charge on any atom is 0.237 e. The molecule has 5 aliphatic rings. The quantitative estimate of drug-likeness (QED) is 0.762. The zero-order chi connectivity index (χ0) is 21.7. The molecule has 4 saturated carbocycles. The lowest BCUT2D eigenvalue weighted by Gasteiger charge is -2.54. The Balaban J connectivity index is 1.16. The molecule has 0 spiro atoms. The van der Waals surface area contributed by atoms with Gasteiger partial charge in [-0.05, 0) is 72.1 Å². The van der Waals surface area contributed by atoms with Crippen molar-refractivity contribution in [2.45, 2.75) is 57.2 Å². The second-order valence-electron chi connectivity index (χ2n) is 10.6. The highest BCUT2D eigenvalue weighted by atomic mass is 16.2. The Bertz CT molecular complexity index is 1000. The van der Waals surface area contributed by atoms with Gasteiger partial charge in [-0.3, -0.25) is 14.5 Å². The van der Waals surface area contributed by atoms with E-state index in [0.29, 0.717) is 31.0 Å². The smallest absolute Gasteiger partial charge is 0.237 e. The summed E-state index contributed by atoms with van der Waals surface area (Å²) in [5, 5.41) is 8.81.